The van der Waals surface area contributed by atoms with Crippen molar-refractivity contribution in [2.75, 3.05) is 0 Å². The van der Waals surface area contributed by atoms with Crippen LogP contribution in [-0.2, 0) is 17.1 Å². The first kappa shape index (κ1) is 28.4. The van der Waals surface area contributed by atoms with E-state index in [4.69, 9.17) is 0 Å². The molecular formula is C27H37FeN3. The standard InChI is InChI=1S/C23H25N3.2C2H6.Fe/c1-18-9-7-12-21(15-18)24-17-22-11-5-4-6-14-26(20(3)25-22)23-13-8-10-19(2)16-23;2*1-2;/h4-5,7-17,25H,6H2,1-3H3;2*1-2H3;/b5-4-,22-11-,24-17?;;;. The zero-order chi connectivity index (χ0) is 22.4. The van der Waals surface area contributed by atoms with Gasteiger partial charge in [0.1, 0.15) is 5.69 Å². The van der Waals surface area contributed by atoms with Crippen LogP contribution in [0.25, 0.3) is 0 Å². The average Bonchev–Trinajstić information content (AvgIpc) is 2.85. The van der Waals surface area contributed by atoms with Gasteiger partial charge in [-0.15, -0.1) is 0 Å². The molecule has 3 rings (SSSR count). The summed E-state index contributed by atoms with van der Waals surface area (Å²) >= 11 is 0. The van der Waals surface area contributed by atoms with E-state index in [1.165, 1.54) is 11.1 Å². The van der Waals surface area contributed by atoms with Crippen molar-refractivity contribution in [1.29, 1.82) is 0 Å². The van der Waals surface area contributed by atoms with E-state index < -0.39 is 0 Å². The third kappa shape index (κ3) is 9.87. The summed E-state index contributed by atoms with van der Waals surface area (Å²) in [6.45, 7) is 14.3. The summed E-state index contributed by atoms with van der Waals surface area (Å²) in [5.41, 5.74) is 5.51. The Morgan fingerprint density at radius 2 is 1.61 bits per heavy atom. The van der Waals surface area contributed by atoms with Crippen molar-refractivity contribution in [2.24, 2.45) is 4.99 Å². The summed E-state index contributed by atoms with van der Waals surface area (Å²) in [5, 5.41) is 3.48. The molecule has 3 nitrogen and oxygen atoms in total. The monoisotopic (exact) mass is 459 g/mol. The molecular weight excluding hydrogens is 422 g/mol. The molecule has 0 aromatic heterocycles. The molecule has 0 atom stereocenters. The first-order chi connectivity index (χ1) is 14.6. The third-order valence-electron chi connectivity index (χ3n) is 4.16. The fourth-order valence-electron chi connectivity index (χ4n) is 2.87. The van der Waals surface area contributed by atoms with Crippen LogP contribution >= 0.6 is 0 Å². The zero-order valence-electron chi connectivity index (χ0n) is 20.0. The van der Waals surface area contributed by atoms with Crippen molar-refractivity contribution in [3.63, 3.8) is 0 Å². The summed E-state index contributed by atoms with van der Waals surface area (Å²) in [5.74, 6) is 0. The fourth-order valence-corrected chi connectivity index (χ4v) is 2.87. The van der Waals surface area contributed by atoms with Gasteiger partial charge in [0, 0.05) is 17.1 Å². The number of benzene rings is 2. The number of hydrogen-bond donors (Lipinski definition) is 1. The topological polar surface area (TPSA) is 27.4 Å². The van der Waals surface area contributed by atoms with Crippen molar-refractivity contribution in [2.45, 2.75) is 54.9 Å². The molecule has 0 aliphatic carbocycles. The maximum atomic E-state index is 4.61. The van der Waals surface area contributed by atoms with Gasteiger partial charge < -0.3 is 9.89 Å². The Hall–Kier alpha value is -2.55. The molecule has 0 spiro atoms. The SMILES string of the molecule is CC.CC.Cc1cccc(N=C/C2=C/C=C\C/C=[N+](/c3cccc(C)c3)[C-](C)N2)c1.[Fe]. The van der Waals surface area contributed by atoms with Crippen molar-refractivity contribution >= 4 is 23.8 Å². The van der Waals surface area contributed by atoms with Gasteiger partial charge in [-0.25, -0.2) is 0 Å². The Kier molecular flexibility index (Phi) is 14.8. The molecule has 2 aromatic rings. The zero-order valence-corrected chi connectivity index (χ0v) is 21.1. The molecule has 0 bridgehead atoms. The Balaban J connectivity index is 0.00000170. The predicted molar refractivity (Wildman–Crippen MR) is 133 cm³/mol. The minimum Gasteiger partial charge on any atom is -0.358 e. The van der Waals surface area contributed by atoms with E-state index in [-0.39, 0.29) is 17.1 Å². The minimum absolute atomic E-state index is 0. The molecule has 0 radical (unpaired) electrons. The van der Waals surface area contributed by atoms with Crippen LogP contribution in [0, 0.1) is 20.0 Å². The van der Waals surface area contributed by atoms with Crippen molar-refractivity contribution in [3.8, 4) is 0 Å². The molecule has 0 amide bonds. The van der Waals surface area contributed by atoms with E-state index in [1.54, 1.807) is 0 Å². The van der Waals surface area contributed by atoms with E-state index >= 15 is 0 Å². The molecule has 1 aliphatic rings. The van der Waals surface area contributed by atoms with Crippen molar-refractivity contribution < 1.29 is 21.6 Å². The number of nitrogens with zero attached hydrogens (tertiary/aromatic N) is 2. The second-order valence-corrected chi connectivity index (χ2v) is 6.49. The normalized spacial score (nSPS) is 17.3. The second-order valence-electron chi connectivity index (χ2n) is 6.49. The smallest absolute Gasteiger partial charge is 0.151 e. The molecule has 0 fully saturated rings. The van der Waals surface area contributed by atoms with Gasteiger partial charge in [-0.2, -0.15) is 0 Å². The van der Waals surface area contributed by atoms with Gasteiger partial charge in [0.25, 0.3) is 0 Å². The molecule has 1 aliphatic heterocycles. The molecule has 0 saturated carbocycles. The first-order valence-corrected chi connectivity index (χ1v) is 10.9. The van der Waals surface area contributed by atoms with Crippen LogP contribution in [0.5, 0.6) is 0 Å². The van der Waals surface area contributed by atoms with E-state index in [2.05, 4.69) is 96.5 Å². The molecule has 1 N–H and O–H groups in total. The molecule has 1 heterocycles. The summed E-state index contributed by atoms with van der Waals surface area (Å²) in [7, 11) is 0. The van der Waals surface area contributed by atoms with Crippen LogP contribution in [0.3, 0.4) is 0 Å². The quantitative estimate of drug-likeness (QED) is 0.220. The van der Waals surface area contributed by atoms with Gasteiger partial charge in [-0.05, 0) is 63.1 Å². The summed E-state index contributed by atoms with van der Waals surface area (Å²) in [4.78, 5) is 4.61. The number of hydrogen-bond acceptors (Lipinski definition) is 2. The number of rotatable bonds is 3. The Morgan fingerprint density at radius 3 is 2.26 bits per heavy atom. The van der Waals surface area contributed by atoms with Crippen LogP contribution < -0.4 is 5.32 Å². The summed E-state index contributed by atoms with van der Waals surface area (Å²) in [6, 6.07) is 16.7. The molecule has 2 aromatic carbocycles. The van der Waals surface area contributed by atoms with Gasteiger partial charge in [0.15, 0.2) is 6.17 Å². The van der Waals surface area contributed by atoms with E-state index in [0.717, 1.165) is 29.7 Å². The minimum atomic E-state index is 0. The Labute approximate surface area is 200 Å². The fraction of sp³-hybridized carbons (Fsp3) is 0.296. The molecule has 0 unspecified atom stereocenters. The van der Waals surface area contributed by atoms with E-state index in [0.29, 0.717) is 0 Å². The van der Waals surface area contributed by atoms with Gasteiger partial charge >= 0.3 is 0 Å². The number of aliphatic imine (C=N–C) groups is 1. The largest absolute Gasteiger partial charge is 0.358 e. The van der Waals surface area contributed by atoms with Gasteiger partial charge in [-0.3, -0.25) is 4.99 Å². The maximum Gasteiger partial charge on any atom is 0.151 e. The summed E-state index contributed by atoms with van der Waals surface area (Å²) in [6.07, 6.45) is 12.2. The first-order valence-electron chi connectivity index (χ1n) is 10.9. The maximum absolute atomic E-state index is 4.61. The van der Waals surface area contributed by atoms with Crippen LogP contribution in [0.4, 0.5) is 11.4 Å². The third-order valence-corrected chi connectivity index (χ3v) is 4.16. The van der Waals surface area contributed by atoms with Gasteiger partial charge in [-0.1, -0.05) is 69.7 Å². The van der Waals surface area contributed by atoms with Crippen molar-refractivity contribution in [3.05, 3.63) is 89.7 Å². The van der Waals surface area contributed by atoms with Crippen LogP contribution in [-0.4, -0.2) is 17.0 Å². The Bertz CT molecular complexity index is 895. The molecule has 168 valence electrons. The van der Waals surface area contributed by atoms with Crippen LogP contribution in [0.15, 0.2) is 77.4 Å². The van der Waals surface area contributed by atoms with E-state index in [9.17, 15) is 0 Å². The number of nitrogens with one attached hydrogen (secondary N) is 1. The van der Waals surface area contributed by atoms with Gasteiger partial charge in [0.2, 0.25) is 0 Å². The summed E-state index contributed by atoms with van der Waals surface area (Å²) < 4.78 is 2.19. The average molecular weight is 459 g/mol. The number of aryl methyl sites for hydroxylation is 2. The Morgan fingerprint density at radius 1 is 0.968 bits per heavy atom. The molecule has 0 saturated heterocycles. The van der Waals surface area contributed by atoms with Crippen LogP contribution in [0.1, 0.15) is 52.2 Å². The predicted octanol–water partition coefficient (Wildman–Crippen LogP) is 7.41. The van der Waals surface area contributed by atoms with E-state index in [1.807, 2.05) is 46.0 Å². The molecule has 4 heteroatoms. The van der Waals surface area contributed by atoms with Gasteiger partial charge in [0.05, 0.1) is 23.8 Å². The number of allylic oxidation sites excluding steroid dienone is 4. The molecule has 31 heavy (non-hydrogen) atoms. The second kappa shape index (κ2) is 16.2. The van der Waals surface area contributed by atoms with Crippen molar-refractivity contribution in [1.82, 2.24) is 5.32 Å². The van der Waals surface area contributed by atoms with Crippen LogP contribution in [0.2, 0.25) is 0 Å².